The molecule has 3 aromatic rings. The van der Waals surface area contributed by atoms with Crippen LogP contribution in [-0.4, -0.2) is 6.21 Å². The number of nitrogens with one attached hydrogen (secondary N) is 1. The second kappa shape index (κ2) is 8.22. The molecule has 0 fully saturated rings. The molecule has 0 saturated heterocycles. The molecule has 1 N–H and O–H groups in total. The summed E-state index contributed by atoms with van der Waals surface area (Å²) in [5.74, 6) is 0.536. The van der Waals surface area contributed by atoms with Crippen LogP contribution in [-0.2, 0) is 0 Å². The van der Waals surface area contributed by atoms with Gasteiger partial charge in [0.25, 0.3) is 0 Å². The van der Waals surface area contributed by atoms with Gasteiger partial charge < -0.3 is 5.32 Å². The van der Waals surface area contributed by atoms with Gasteiger partial charge in [0.2, 0.25) is 0 Å². The highest BCUT2D eigenvalue weighted by Gasteiger charge is 2.06. The van der Waals surface area contributed by atoms with E-state index in [1.807, 2.05) is 12.3 Å². The third-order valence-electron chi connectivity index (χ3n) is 4.81. The first kappa shape index (κ1) is 18.9. The molecule has 3 rings (SSSR count). The van der Waals surface area contributed by atoms with Gasteiger partial charge in [0.1, 0.15) is 0 Å². The van der Waals surface area contributed by atoms with E-state index in [1.54, 1.807) is 0 Å². The van der Waals surface area contributed by atoms with E-state index in [4.69, 9.17) is 0 Å². The lowest BCUT2D eigenvalue weighted by molar-refractivity contribution is 0.867. The Morgan fingerprint density at radius 2 is 1.48 bits per heavy atom. The van der Waals surface area contributed by atoms with Crippen molar-refractivity contribution in [2.45, 2.75) is 40.5 Å². The minimum atomic E-state index is 0.536. The molecule has 0 aliphatic heterocycles. The fourth-order valence-electron chi connectivity index (χ4n) is 3.32. The summed E-state index contributed by atoms with van der Waals surface area (Å²) in [4.78, 5) is 4.67. The summed E-state index contributed by atoms with van der Waals surface area (Å²) in [5, 5.41) is 3.61. The molecule has 0 aromatic heterocycles. The monoisotopic (exact) mass is 356 g/mol. The molecule has 0 unspecified atom stereocenters. The standard InChI is InChI=1S/C25H28N2/c1-17(2)21-10-12-23(13-11-21)26-16-22-8-6-7-9-24(22)27-25-19(4)14-18(3)15-20(25)5/h6-17,27H,1-5H3. The minimum absolute atomic E-state index is 0.536. The molecule has 0 aliphatic carbocycles. The van der Waals surface area contributed by atoms with Gasteiger partial charge in [-0.25, -0.2) is 0 Å². The van der Waals surface area contributed by atoms with Crippen molar-refractivity contribution in [1.82, 2.24) is 0 Å². The number of aryl methyl sites for hydroxylation is 3. The maximum absolute atomic E-state index is 4.67. The second-order valence-corrected chi connectivity index (χ2v) is 7.49. The van der Waals surface area contributed by atoms with E-state index < -0.39 is 0 Å². The van der Waals surface area contributed by atoms with Crippen molar-refractivity contribution in [3.05, 3.63) is 88.5 Å². The zero-order chi connectivity index (χ0) is 19.4. The number of aliphatic imine (C=N–C) groups is 1. The van der Waals surface area contributed by atoms with Crippen LogP contribution in [0.1, 0.15) is 47.6 Å². The molecule has 0 saturated carbocycles. The number of nitrogens with zero attached hydrogens (tertiary/aromatic N) is 1. The van der Waals surface area contributed by atoms with Gasteiger partial charge in [-0.3, -0.25) is 4.99 Å². The maximum Gasteiger partial charge on any atom is 0.0630 e. The van der Waals surface area contributed by atoms with Gasteiger partial charge in [-0.15, -0.1) is 0 Å². The normalized spacial score (nSPS) is 11.3. The zero-order valence-electron chi connectivity index (χ0n) is 16.9. The highest BCUT2D eigenvalue weighted by Crippen LogP contribution is 2.27. The summed E-state index contributed by atoms with van der Waals surface area (Å²) in [5.41, 5.74) is 9.41. The summed E-state index contributed by atoms with van der Waals surface area (Å²) in [7, 11) is 0. The van der Waals surface area contributed by atoms with E-state index in [1.165, 1.54) is 27.9 Å². The lowest BCUT2D eigenvalue weighted by atomic mass is 10.0. The molecular weight excluding hydrogens is 328 g/mol. The third kappa shape index (κ3) is 4.65. The Kier molecular flexibility index (Phi) is 5.75. The Morgan fingerprint density at radius 3 is 2.11 bits per heavy atom. The molecule has 0 bridgehead atoms. The quantitative estimate of drug-likeness (QED) is 0.479. The molecule has 0 amide bonds. The van der Waals surface area contributed by atoms with Gasteiger partial charge in [-0.2, -0.15) is 0 Å². The SMILES string of the molecule is Cc1cc(C)c(Nc2ccccc2C=Nc2ccc(C(C)C)cc2)c(C)c1. The van der Waals surface area contributed by atoms with Crippen LogP contribution < -0.4 is 5.32 Å². The van der Waals surface area contributed by atoms with Crippen molar-refractivity contribution in [3.8, 4) is 0 Å². The van der Waals surface area contributed by atoms with Gasteiger partial charge in [-0.1, -0.05) is 61.9 Å². The minimum Gasteiger partial charge on any atom is -0.355 e. The molecule has 2 nitrogen and oxygen atoms in total. The Labute approximate surface area is 163 Å². The van der Waals surface area contributed by atoms with Crippen LogP contribution >= 0.6 is 0 Å². The first-order chi connectivity index (χ1) is 12.9. The second-order valence-electron chi connectivity index (χ2n) is 7.49. The Balaban J connectivity index is 1.86. The summed E-state index contributed by atoms with van der Waals surface area (Å²) in [6.45, 7) is 10.8. The number of rotatable bonds is 5. The third-order valence-corrected chi connectivity index (χ3v) is 4.81. The van der Waals surface area contributed by atoms with E-state index in [0.717, 1.165) is 16.9 Å². The van der Waals surface area contributed by atoms with E-state index in [-0.39, 0.29) is 0 Å². The lowest BCUT2D eigenvalue weighted by Crippen LogP contribution is -2.00. The number of benzene rings is 3. The van der Waals surface area contributed by atoms with Crippen molar-refractivity contribution < 1.29 is 0 Å². The number of anilines is 2. The average Bonchev–Trinajstić information content (AvgIpc) is 2.64. The van der Waals surface area contributed by atoms with Crippen molar-refractivity contribution >= 4 is 23.3 Å². The van der Waals surface area contributed by atoms with E-state index >= 15 is 0 Å². The van der Waals surface area contributed by atoms with Gasteiger partial charge in [0.15, 0.2) is 0 Å². The molecule has 0 heterocycles. The van der Waals surface area contributed by atoms with E-state index in [9.17, 15) is 0 Å². The van der Waals surface area contributed by atoms with Crippen LogP contribution in [0.5, 0.6) is 0 Å². The Morgan fingerprint density at radius 1 is 0.852 bits per heavy atom. The van der Waals surface area contributed by atoms with Gasteiger partial charge in [0, 0.05) is 23.2 Å². The van der Waals surface area contributed by atoms with Crippen LogP contribution in [0.25, 0.3) is 0 Å². The van der Waals surface area contributed by atoms with E-state index in [2.05, 4.69) is 99.5 Å². The van der Waals surface area contributed by atoms with Crippen LogP contribution in [0.15, 0.2) is 65.7 Å². The molecular formula is C25H28N2. The first-order valence-electron chi connectivity index (χ1n) is 9.52. The van der Waals surface area contributed by atoms with Crippen molar-refractivity contribution in [2.75, 3.05) is 5.32 Å². The molecule has 0 atom stereocenters. The number of hydrogen-bond donors (Lipinski definition) is 1. The Bertz CT molecular complexity index is 927. The molecule has 138 valence electrons. The van der Waals surface area contributed by atoms with Gasteiger partial charge in [-0.05, 0) is 61.6 Å². The van der Waals surface area contributed by atoms with Crippen LogP contribution in [0, 0.1) is 20.8 Å². The predicted molar refractivity (Wildman–Crippen MR) is 118 cm³/mol. The van der Waals surface area contributed by atoms with Crippen LogP contribution in [0.2, 0.25) is 0 Å². The topological polar surface area (TPSA) is 24.4 Å². The van der Waals surface area contributed by atoms with Gasteiger partial charge in [0.05, 0.1) is 5.69 Å². The fraction of sp³-hybridized carbons (Fsp3) is 0.240. The van der Waals surface area contributed by atoms with Crippen molar-refractivity contribution in [1.29, 1.82) is 0 Å². The zero-order valence-corrected chi connectivity index (χ0v) is 16.9. The highest BCUT2D eigenvalue weighted by molar-refractivity contribution is 5.91. The molecule has 0 radical (unpaired) electrons. The predicted octanol–water partition coefficient (Wildman–Crippen LogP) is 7.23. The summed E-state index contributed by atoms with van der Waals surface area (Å²) >= 11 is 0. The van der Waals surface area contributed by atoms with Gasteiger partial charge >= 0.3 is 0 Å². The number of para-hydroxylation sites is 1. The number of hydrogen-bond acceptors (Lipinski definition) is 2. The summed E-state index contributed by atoms with van der Waals surface area (Å²) in [6, 6.07) is 21.2. The largest absolute Gasteiger partial charge is 0.355 e. The lowest BCUT2D eigenvalue weighted by Gasteiger charge is -2.15. The molecule has 0 aliphatic rings. The molecule has 0 spiro atoms. The Hall–Kier alpha value is -2.87. The molecule has 3 aromatic carbocycles. The van der Waals surface area contributed by atoms with Crippen LogP contribution in [0.3, 0.4) is 0 Å². The molecule has 27 heavy (non-hydrogen) atoms. The fourth-order valence-corrected chi connectivity index (χ4v) is 3.32. The average molecular weight is 357 g/mol. The smallest absolute Gasteiger partial charge is 0.0630 e. The maximum atomic E-state index is 4.67. The van der Waals surface area contributed by atoms with Crippen LogP contribution in [0.4, 0.5) is 17.1 Å². The molecule has 2 heteroatoms. The highest BCUT2D eigenvalue weighted by atomic mass is 14.9. The summed E-state index contributed by atoms with van der Waals surface area (Å²) in [6.07, 6.45) is 1.94. The summed E-state index contributed by atoms with van der Waals surface area (Å²) < 4.78 is 0. The van der Waals surface area contributed by atoms with Crippen molar-refractivity contribution in [3.63, 3.8) is 0 Å². The van der Waals surface area contributed by atoms with Crippen molar-refractivity contribution in [2.24, 2.45) is 4.99 Å². The first-order valence-corrected chi connectivity index (χ1v) is 9.52. The van der Waals surface area contributed by atoms with E-state index in [0.29, 0.717) is 5.92 Å².